The maximum Gasteiger partial charge on any atom is 0.214 e. The van der Waals surface area contributed by atoms with Gasteiger partial charge in [-0.2, -0.15) is 0 Å². The van der Waals surface area contributed by atoms with Gasteiger partial charge in [0.1, 0.15) is 0 Å². The summed E-state index contributed by atoms with van der Waals surface area (Å²) in [5.41, 5.74) is -0.347. The zero-order chi connectivity index (χ0) is 19.1. The van der Waals surface area contributed by atoms with Gasteiger partial charge in [0.05, 0.1) is 17.1 Å². The first-order valence-corrected chi connectivity index (χ1v) is 11.4. The summed E-state index contributed by atoms with van der Waals surface area (Å²) in [6.07, 6.45) is 4.27. The summed E-state index contributed by atoms with van der Waals surface area (Å²) in [5.74, 6) is -0.0271. The third-order valence-electron chi connectivity index (χ3n) is 3.95. The van der Waals surface area contributed by atoms with Gasteiger partial charge < -0.3 is 4.74 Å². The van der Waals surface area contributed by atoms with Gasteiger partial charge in [-0.3, -0.25) is 0 Å². The molecule has 24 heavy (non-hydrogen) atoms. The smallest absolute Gasteiger partial charge is 0.214 e. The average Bonchev–Trinajstić information content (AvgIpc) is 2.32. The van der Waals surface area contributed by atoms with Crippen LogP contribution in [0.1, 0.15) is 66.2 Å². The van der Waals surface area contributed by atoms with Gasteiger partial charge in [0, 0.05) is 6.61 Å². The van der Waals surface area contributed by atoms with Gasteiger partial charge in [0.25, 0.3) is 0 Å². The molecule has 0 bridgehead atoms. The van der Waals surface area contributed by atoms with E-state index in [1.165, 1.54) is 0 Å². The van der Waals surface area contributed by atoms with Crippen molar-refractivity contribution in [1.82, 2.24) is 0 Å². The van der Waals surface area contributed by atoms with E-state index in [4.69, 9.17) is 15.0 Å². The van der Waals surface area contributed by atoms with Crippen LogP contribution in [0.2, 0.25) is 0 Å². The second kappa shape index (κ2) is 9.47. The molecule has 0 spiro atoms. The van der Waals surface area contributed by atoms with Gasteiger partial charge in [-0.1, -0.05) is 20.3 Å². The summed E-state index contributed by atoms with van der Waals surface area (Å²) >= 11 is 0. The van der Waals surface area contributed by atoms with E-state index in [1.807, 2.05) is 13.8 Å². The molecule has 0 aliphatic heterocycles. The van der Waals surface area contributed by atoms with Crippen LogP contribution in [0.15, 0.2) is 0 Å². The first-order valence-electron chi connectivity index (χ1n) is 8.12. The monoisotopic (exact) mass is 385 g/mol. The normalized spacial score (nSPS) is 14.1. The molecule has 0 amide bonds. The molecule has 0 heterocycles. The lowest BCUT2D eigenvalue weighted by molar-refractivity contribution is 0.180. The molecule has 9 heteroatoms. The maximum atomic E-state index is 11.4. The Kier molecular flexibility index (Phi) is 9.38. The van der Waals surface area contributed by atoms with Gasteiger partial charge in [0.2, 0.25) is 20.0 Å². The number of sulfonamides is 2. The summed E-state index contributed by atoms with van der Waals surface area (Å²) < 4.78 is 49.4. The number of primary sulfonamides is 2. The molecule has 1 radical (unpaired) electrons. The highest BCUT2D eigenvalue weighted by molar-refractivity contribution is 7.90. The summed E-state index contributed by atoms with van der Waals surface area (Å²) in [7, 11) is -6.99. The molecule has 0 saturated carbocycles. The zero-order valence-corrected chi connectivity index (χ0v) is 16.9. The lowest BCUT2D eigenvalue weighted by atomic mass is 9.89. The predicted octanol–water partition coefficient (Wildman–Crippen LogP) is 1.89. The molecule has 7 nitrogen and oxygen atoms in total. The van der Waals surface area contributed by atoms with Crippen molar-refractivity contribution in [2.75, 3.05) is 12.4 Å². The largest absolute Gasteiger partial charge is 0.376 e. The predicted molar refractivity (Wildman–Crippen MR) is 96.9 cm³/mol. The van der Waals surface area contributed by atoms with Gasteiger partial charge in [-0.05, 0) is 51.4 Å². The second-order valence-corrected chi connectivity index (χ2v) is 11.5. The van der Waals surface area contributed by atoms with E-state index in [2.05, 4.69) is 0 Å². The summed E-state index contributed by atoms with van der Waals surface area (Å²) in [4.78, 5) is 0. The fourth-order valence-electron chi connectivity index (χ4n) is 2.33. The molecule has 0 atom stereocenters. The van der Waals surface area contributed by atoms with E-state index in [0.29, 0.717) is 13.0 Å². The number of hydrogen-bond acceptors (Lipinski definition) is 5. The molecule has 0 rings (SSSR count). The van der Waals surface area contributed by atoms with Crippen LogP contribution in [-0.4, -0.2) is 33.9 Å². The molecule has 0 aromatic rings. The molecular formula is C15H33N2O5S2. The van der Waals surface area contributed by atoms with Crippen molar-refractivity contribution in [3.05, 3.63) is 6.61 Å². The third kappa shape index (κ3) is 11.4. The van der Waals surface area contributed by atoms with E-state index < -0.39 is 24.8 Å². The minimum atomic E-state index is -3.53. The van der Waals surface area contributed by atoms with E-state index >= 15 is 0 Å². The Labute approximate surface area is 147 Å². The summed E-state index contributed by atoms with van der Waals surface area (Å²) in [6.45, 7) is 9.26. The van der Waals surface area contributed by atoms with Crippen molar-refractivity contribution >= 4 is 20.0 Å². The topological polar surface area (TPSA) is 130 Å². The van der Waals surface area contributed by atoms with Crippen molar-refractivity contribution in [1.29, 1.82) is 0 Å². The van der Waals surface area contributed by atoms with Crippen LogP contribution in [0.3, 0.4) is 0 Å². The van der Waals surface area contributed by atoms with Crippen LogP contribution in [0, 0.1) is 12.0 Å². The van der Waals surface area contributed by atoms with Crippen LogP contribution in [0.25, 0.3) is 0 Å². The molecule has 0 fully saturated rings. The van der Waals surface area contributed by atoms with E-state index in [1.54, 1.807) is 20.5 Å². The Morgan fingerprint density at radius 1 is 0.917 bits per heavy atom. The molecular weight excluding hydrogens is 352 g/mol. The number of unbranched alkanes of at least 4 members (excludes halogenated alkanes) is 2. The molecule has 0 aromatic carbocycles. The molecule has 145 valence electrons. The van der Waals surface area contributed by atoms with Crippen LogP contribution in [0.4, 0.5) is 0 Å². The van der Waals surface area contributed by atoms with Gasteiger partial charge in [0.15, 0.2) is 0 Å². The number of nitrogens with two attached hydrogens (primary N) is 2. The van der Waals surface area contributed by atoms with Crippen molar-refractivity contribution in [3.8, 4) is 0 Å². The van der Waals surface area contributed by atoms with E-state index in [-0.39, 0.29) is 11.2 Å². The Hall–Kier alpha value is -0.220. The van der Waals surface area contributed by atoms with Gasteiger partial charge in [-0.25, -0.2) is 27.1 Å². The molecule has 0 aliphatic rings. The fraction of sp³-hybridized carbons (Fsp3) is 0.933. The number of hydrogen-bond donors (Lipinski definition) is 2. The standard InChI is InChI=1S/C15H33N2O5S2/c1-14(2,13-23(16,18)19)9-5-7-11-22-12-8-6-10-15(3,4)24(17,20)21/h11H,5-10,12-13H2,1-4H3,(H2,16,18,19)(H2,17,20,21). The number of ether oxygens (including phenoxy) is 1. The number of rotatable bonds is 13. The first-order chi connectivity index (χ1) is 10.7. The quantitative estimate of drug-likeness (QED) is 0.468. The van der Waals surface area contributed by atoms with E-state index in [9.17, 15) is 16.8 Å². The Morgan fingerprint density at radius 3 is 2.00 bits per heavy atom. The molecule has 4 N–H and O–H groups in total. The molecule has 0 aliphatic carbocycles. The Bertz CT molecular complexity index is 569. The van der Waals surface area contributed by atoms with Gasteiger partial charge >= 0.3 is 0 Å². The van der Waals surface area contributed by atoms with Crippen LogP contribution >= 0.6 is 0 Å². The maximum absolute atomic E-state index is 11.4. The van der Waals surface area contributed by atoms with E-state index in [0.717, 1.165) is 32.1 Å². The Morgan fingerprint density at radius 2 is 1.50 bits per heavy atom. The fourth-order valence-corrected chi connectivity index (χ4v) is 3.99. The SMILES string of the molecule is CC(C)(CCC[CH]OCCCCC(C)(C)S(N)(=O)=O)CS(N)(=O)=O. The van der Waals surface area contributed by atoms with Crippen molar-refractivity contribution in [3.63, 3.8) is 0 Å². The molecule has 0 saturated heterocycles. The van der Waals surface area contributed by atoms with Crippen molar-refractivity contribution in [2.45, 2.75) is 71.0 Å². The second-order valence-electron chi connectivity index (χ2n) is 7.66. The van der Waals surface area contributed by atoms with Crippen LogP contribution < -0.4 is 10.3 Å². The summed E-state index contributed by atoms with van der Waals surface area (Å²) in [5, 5.41) is 10.2. The van der Waals surface area contributed by atoms with Gasteiger partial charge in [-0.15, -0.1) is 0 Å². The molecule has 0 aromatic heterocycles. The minimum Gasteiger partial charge on any atom is -0.376 e. The van der Waals surface area contributed by atoms with Crippen LogP contribution in [-0.2, 0) is 24.8 Å². The zero-order valence-electron chi connectivity index (χ0n) is 15.2. The third-order valence-corrected chi connectivity index (χ3v) is 6.87. The summed E-state index contributed by atoms with van der Waals surface area (Å²) in [6, 6.07) is 0. The highest BCUT2D eigenvalue weighted by Crippen LogP contribution is 2.25. The highest BCUT2D eigenvalue weighted by Gasteiger charge is 2.30. The Balaban J connectivity index is 3.73. The lowest BCUT2D eigenvalue weighted by Crippen LogP contribution is -2.37. The minimum absolute atomic E-state index is 0.0271. The molecule has 0 unspecified atom stereocenters. The highest BCUT2D eigenvalue weighted by atomic mass is 32.2. The van der Waals surface area contributed by atoms with Crippen molar-refractivity contribution < 1.29 is 21.6 Å². The van der Waals surface area contributed by atoms with Crippen molar-refractivity contribution in [2.24, 2.45) is 15.7 Å². The average molecular weight is 386 g/mol. The first kappa shape index (κ1) is 23.8. The van der Waals surface area contributed by atoms with Crippen LogP contribution in [0.5, 0.6) is 0 Å². The lowest BCUT2D eigenvalue weighted by Gasteiger charge is -2.23.